The molecule has 8 heteroatoms. The third-order valence-corrected chi connectivity index (χ3v) is 3.07. The van der Waals surface area contributed by atoms with Crippen LogP contribution in [-0.2, 0) is 13.0 Å². The average molecular weight is 305 g/mol. The fraction of sp³-hybridized carbons (Fsp3) is 0.571. The van der Waals surface area contributed by atoms with Gasteiger partial charge in [-0.15, -0.1) is 0 Å². The first-order valence-electron chi connectivity index (χ1n) is 7.49. The number of nitrogens with zero attached hydrogens (tertiary/aromatic N) is 5. The molecule has 0 spiro atoms. The first-order valence-corrected chi connectivity index (χ1v) is 7.49. The van der Waals surface area contributed by atoms with Gasteiger partial charge >= 0.3 is 0 Å². The molecule has 2 aromatic heterocycles. The zero-order valence-electron chi connectivity index (χ0n) is 13.1. The van der Waals surface area contributed by atoms with Crippen LogP contribution < -0.4 is 10.6 Å². The van der Waals surface area contributed by atoms with Gasteiger partial charge in [0.25, 0.3) is 0 Å². The Morgan fingerprint density at radius 3 is 2.77 bits per heavy atom. The lowest BCUT2D eigenvalue weighted by Crippen LogP contribution is -2.38. The van der Waals surface area contributed by atoms with E-state index in [0.717, 1.165) is 44.9 Å². The summed E-state index contributed by atoms with van der Waals surface area (Å²) in [7, 11) is 1.77. The first-order chi connectivity index (χ1) is 10.8. The Kier molecular flexibility index (Phi) is 6.40. The van der Waals surface area contributed by atoms with Gasteiger partial charge in [-0.05, 0) is 25.8 Å². The number of aryl methyl sites for hydroxylation is 3. The second-order valence-corrected chi connectivity index (χ2v) is 4.89. The van der Waals surface area contributed by atoms with E-state index in [-0.39, 0.29) is 0 Å². The smallest absolute Gasteiger partial charge is 0.226 e. The SMILES string of the molecule is CN=C(NCCCc1nc(C)no1)NCCCn1cccn1. The molecule has 0 bridgehead atoms. The van der Waals surface area contributed by atoms with Gasteiger partial charge in [0.15, 0.2) is 11.8 Å². The van der Waals surface area contributed by atoms with Gasteiger partial charge in [0.1, 0.15) is 0 Å². The number of nitrogens with one attached hydrogen (secondary N) is 2. The van der Waals surface area contributed by atoms with Gasteiger partial charge in [-0.3, -0.25) is 9.67 Å². The van der Waals surface area contributed by atoms with Crippen LogP contribution in [0.3, 0.4) is 0 Å². The summed E-state index contributed by atoms with van der Waals surface area (Å²) in [6.45, 7) is 4.37. The predicted octanol–water partition coefficient (Wildman–Crippen LogP) is 0.762. The van der Waals surface area contributed by atoms with Crippen LogP contribution in [0.2, 0.25) is 0 Å². The van der Waals surface area contributed by atoms with Crippen LogP contribution in [0.5, 0.6) is 0 Å². The molecule has 0 saturated heterocycles. The molecule has 2 heterocycles. The molecule has 120 valence electrons. The van der Waals surface area contributed by atoms with E-state index in [9.17, 15) is 0 Å². The third kappa shape index (κ3) is 5.55. The largest absolute Gasteiger partial charge is 0.356 e. The predicted molar refractivity (Wildman–Crippen MR) is 83.6 cm³/mol. The summed E-state index contributed by atoms with van der Waals surface area (Å²) in [6.07, 6.45) is 6.43. The zero-order chi connectivity index (χ0) is 15.6. The van der Waals surface area contributed by atoms with E-state index in [1.165, 1.54) is 0 Å². The molecular formula is C14H23N7O. The van der Waals surface area contributed by atoms with Gasteiger partial charge in [0, 0.05) is 45.5 Å². The highest BCUT2D eigenvalue weighted by Crippen LogP contribution is 1.98. The standard InChI is InChI=1S/C14H23N7O/c1-12-19-13(22-20-12)6-3-7-16-14(15-2)17-8-4-10-21-11-5-9-18-21/h5,9,11H,3-4,6-8,10H2,1-2H3,(H2,15,16,17). The molecule has 8 nitrogen and oxygen atoms in total. The summed E-state index contributed by atoms with van der Waals surface area (Å²) in [4.78, 5) is 8.36. The lowest BCUT2D eigenvalue weighted by atomic mass is 10.3. The van der Waals surface area contributed by atoms with Gasteiger partial charge in [-0.25, -0.2) is 0 Å². The third-order valence-electron chi connectivity index (χ3n) is 3.07. The minimum Gasteiger partial charge on any atom is -0.356 e. The highest BCUT2D eigenvalue weighted by Gasteiger charge is 2.02. The van der Waals surface area contributed by atoms with Crippen molar-refractivity contribution >= 4 is 5.96 Å². The monoisotopic (exact) mass is 305 g/mol. The second-order valence-electron chi connectivity index (χ2n) is 4.89. The topological polar surface area (TPSA) is 93.2 Å². The van der Waals surface area contributed by atoms with Crippen LogP contribution in [0.1, 0.15) is 24.6 Å². The van der Waals surface area contributed by atoms with Gasteiger partial charge in [0.2, 0.25) is 5.89 Å². The molecular weight excluding hydrogens is 282 g/mol. The summed E-state index contributed by atoms with van der Waals surface area (Å²) in [5.41, 5.74) is 0. The molecule has 0 amide bonds. The maximum Gasteiger partial charge on any atom is 0.226 e. The second kappa shape index (κ2) is 8.81. The first kappa shape index (κ1) is 16.0. The van der Waals surface area contributed by atoms with Crippen molar-refractivity contribution in [2.45, 2.75) is 32.7 Å². The molecule has 2 aromatic rings. The van der Waals surface area contributed by atoms with E-state index in [1.807, 2.05) is 23.9 Å². The van der Waals surface area contributed by atoms with Gasteiger partial charge in [-0.1, -0.05) is 5.16 Å². The Morgan fingerprint density at radius 2 is 2.14 bits per heavy atom. The maximum absolute atomic E-state index is 5.07. The van der Waals surface area contributed by atoms with Gasteiger partial charge in [-0.2, -0.15) is 10.1 Å². The summed E-state index contributed by atoms with van der Waals surface area (Å²) >= 11 is 0. The van der Waals surface area contributed by atoms with Crippen LogP contribution in [0.15, 0.2) is 28.0 Å². The molecule has 0 unspecified atom stereocenters. The van der Waals surface area contributed by atoms with E-state index in [0.29, 0.717) is 11.7 Å². The molecule has 0 aromatic carbocycles. The minimum atomic E-state index is 0.678. The zero-order valence-corrected chi connectivity index (χ0v) is 13.1. The molecule has 0 aliphatic heterocycles. The molecule has 0 radical (unpaired) electrons. The molecule has 2 rings (SSSR count). The fourth-order valence-corrected chi connectivity index (χ4v) is 1.99. The van der Waals surface area contributed by atoms with Crippen molar-refractivity contribution < 1.29 is 4.52 Å². The maximum atomic E-state index is 5.07. The van der Waals surface area contributed by atoms with E-state index >= 15 is 0 Å². The minimum absolute atomic E-state index is 0.678. The van der Waals surface area contributed by atoms with Crippen LogP contribution in [0.4, 0.5) is 0 Å². The highest BCUT2D eigenvalue weighted by molar-refractivity contribution is 5.79. The Bertz CT molecular complexity index is 562. The fourth-order valence-electron chi connectivity index (χ4n) is 1.99. The van der Waals surface area contributed by atoms with Gasteiger partial charge in [0.05, 0.1) is 0 Å². The van der Waals surface area contributed by atoms with Gasteiger partial charge < -0.3 is 15.2 Å². The van der Waals surface area contributed by atoms with Crippen molar-refractivity contribution in [2.24, 2.45) is 4.99 Å². The lowest BCUT2D eigenvalue weighted by Gasteiger charge is -2.11. The van der Waals surface area contributed by atoms with Crippen molar-refractivity contribution in [3.05, 3.63) is 30.2 Å². The van der Waals surface area contributed by atoms with Crippen LogP contribution in [0.25, 0.3) is 0 Å². The van der Waals surface area contributed by atoms with E-state index in [1.54, 1.807) is 13.2 Å². The Morgan fingerprint density at radius 1 is 1.32 bits per heavy atom. The average Bonchev–Trinajstić information content (AvgIpc) is 3.17. The number of hydrogen-bond donors (Lipinski definition) is 2. The number of hydrogen-bond acceptors (Lipinski definition) is 5. The normalized spacial score (nSPS) is 11.6. The number of aromatic nitrogens is 4. The highest BCUT2D eigenvalue weighted by atomic mass is 16.5. The van der Waals surface area contributed by atoms with Crippen molar-refractivity contribution in [3.8, 4) is 0 Å². The lowest BCUT2D eigenvalue weighted by molar-refractivity contribution is 0.372. The molecule has 0 aliphatic rings. The van der Waals surface area contributed by atoms with Crippen LogP contribution in [0, 0.1) is 6.92 Å². The number of rotatable bonds is 8. The van der Waals surface area contributed by atoms with E-state index in [2.05, 4.69) is 30.9 Å². The molecule has 0 fully saturated rings. The molecule has 22 heavy (non-hydrogen) atoms. The summed E-state index contributed by atoms with van der Waals surface area (Å²) in [6, 6.07) is 1.93. The Hall–Kier alpha value is -2.38. The number of aliphatic imine (C=N–C) groups is 1. The van der Waals surface area contributed by atoms with Crippen molar-refractivity contribution in [2.75, 3.05) is 20.1 Å². The van der Waals surface area contributed by atoms with Crippen LogP contribution in [-0.4, -0.2) is 46.0 Å². The summed E-state index contributed by atoms with van der Waals surface area (Å²) in [5, 5.41) is 14.5. The van der Waals surface area contributed by atoms with Crippen molar-refractivity contribution in [1.82, 2.24) is 30.6 Å². The van der Waals surface area contributed by atoms with E-state index in [4.69, 9.17) is 4.52 Å². The molecule has 0 aliphatic carbocycles. The summed E-state index contributed by atoms with van der Waals surface area (Å²) in [5.74, 6) is 2.17. The Labute approximate surface area is 130 Å². The number of guanidine groups is 1. The molecule has 0 atom stereocenters. The van der Waals surface area contributed by atoms with Crippen LogP contribution >= 0.6 is 0 Å². The summed E-state index contributed by atoms with van der Waals surface area (Å²) < 4.78 is 6.99. The molecule has 0 saturated carbocycles. The Balaban J connectivity index is 1.55. The van der Waals surface area contributed by atoms with E-state index < -0.39 is 0 Å². The quantitative estimate of drug-likeness (QED) is 0.425. The molecule has 2 N–H and O–H groups in total. The van der Waals surface area contributed by atoms with Crippen molar-refractivity contribution in [3.63, 3.8) is 0 Å². The van der Waals surface area contributed by atoms with Crippen molar-refractivity contribution in [1.29, 1.82) is 0 Å².